The highest BCUT2D eigenvalue weighted by Crippen LogP contribution is 2.08. The molecule has 74 valence electrons. The van der Waals surface area contributed by atoms with E-state index in [9.17, 15) is 0 Å². The predicted molar refractivity (Wildman–Crippen MR) is 58.9 cm³/mol. The van der Waals surface area contributed by atoms with Crippen LogP contribution in [0.2, 0.25) is 0 Å². The second kappa shape index (κ2) is 5.80. The Hall–Kier alpha value is -0.770. The van der Waals surface area contributed by atoms with E-state index in [2.05, 4.69) is 0 Å². The molecular weight excluding hydrogens is 186 g/mol. The molecule has 13 heavy (non-hydrogen) atoms. The number of hydrazine groups is 1. The second-order valence-electron chi connectivity index (χ2n) is 3.03. The van der Waals surface area contributed by atoms with Crippen molar-refractivity contribution >= 4 is 18.1 Å². The maximum absolute atomic E-state index is 5.79. The highest BCUT2D eigenvalue weighted by Gasteiger charge is 1.99. The van der Waals surface area contributed by atoms with Crippen molar-refractivity contribution in [2.75, 3.05) is 25.8 Å². The molecule has 0 atom stereocenters. The summed E-state index contributed by atoms with van der Waals surface area (Å²) in [6, 6.07) is 9.91. The molecule has 0 amide bonds. The Morgan fingerprint density at radius 3 is 2.15 bits per heavy atom. The van der Waals surface area contributed by atoms with Gasteiger partial charge in [-0.2, -0.15) is 0 Å². The molecule has 1 rings (SSSR count). The van der Waals surface area contributed by atoms with E-state index in [-0.39, 0.29) is 12.4 Å². The first-order valence-electron chi connectivity index (χ1n) is 3.92. The fourth-order valence-corrected chi connectivity index (χ4v) is 1.01. The van der Waals surface area contributed by atoms with Gasteiger partial charge in [0, 0.05) is 0 Å². The summed E-state index contributed by atoms with van der Waals surface area (Å²) in [5.41, 5.74) is 1.03. The Balaban J connectivity index is 0.00000144. The van der Waals surface area contributed by atoms with Crippen molar-refractivity contribution in [1.82, 2.24) is 4.90 Å². The van der Waals surface area contributed by atoms with Crippen molar-refractivity contribution < 1.29 is 0 Å². The third kappa shape index (κ3) is 4.12. The van der Waals surface area contributed by atoms with Crippen LogP contribution in [0.15, 0.2) is 30.3 Å². The van der Waals surface area contributed by atoms with Crippen molar-refractivity contribution in [1.29, 1.82) is 0 Å². The van der Waals surface area contributed by atoms with Crippen LogP contribution in [-0.4, -0.2) is 25.7 Å². The Morgan fingerprint density at radius 1 is 1.15 bits per heavy atom. The van der Waals surface area contributed by atoms with Crippen LogP contribution in [0.5, 0.6) is 0 Å². The third-order valence-corrected chi connectivity index (χ3v) is 1.52. The van der Waals surface area contributed by atoms with Crippen LogP contribution in [0.4, 0.5) is 5.69 Å². The van der Waals surface area contributed by atoms with Crippen LogP contribution < -0.4 is 10.9 Å². The molecule has 0 aliphatic rings. The maximum Gasteiger partial charge on any atom is 0.0856 e. The molecule has 0 aromatic heterocycles. The lowest BCUT2D eigenvalue weighted by atomic mass is 10.3. The number of nitrogens with zero attached hydrogens (tertiary/aromatic N) is 2. The topological polar surface area (TPSA) is 32.5 Å². The summed E-state index contributed by atoms with van der Waals surface area (Å²) in [6.45, 7) is 0.726. The normalized spacial score (nSPS) is 9.54. The number of anilines is 1. The molecule has 0 radical (unpaired) electrons. The largest absolute Gasteiger partial charge is 0.297 e. The quantitative estimate of drug-likeness (QED) is 0.455. The Morgan fingerprint density at radius 2 is 1.69 bits per heavy atom. The SMILES string of the molecule is CN(C)CN(N)c1ccccc1.Cl. The van der Waals surface area contributed by atoms with Gasteiger partial charge in [0.05, 0.1) is 12.4 Å². The lowest BCUT2D eigenvalue weighted by Gasteiger charge is -2.22. The fraction of sp³-hybridized carbons (Fsp3) is 0.333. The van der Waals surface area contributed by atoms with E-state index in [1.165, 1.54) is 0 Å². The van der Waals surface area contributed by atoms with E-state index in [4.69, 9.17) is 5.84 Å². The standard InChI is InChI=1S/C9H15N3.ClH/c1-11(2)8-12(10)9-6-4-3-5-7-9;/h3-7H,8,10H2,1-2H3;1H. The minimum absolute atomic E-state index is 0. The molecule has 0 saturated carbocycles. The zero-order chi connectivity index (χ0) is 8.97. The highest BCUT2D eigenvalue weighted by atomic mass is 35.5. The zero-order valence-corrected chi connectivity index (χ0v) is 8.79. The Kier molecular flexibility index (Phi) is 5.46. The lowest BCUT2D eigenvalue weighted by molar-refractivity contribution is 0.404. The monoisotopic (exact) mass is 201 g/mol. The van der Waals surface area contributed by atoms with Gasteiger partial charge in [-0.3, -0.25) is 9.91 Å². The van der Waals surface area contributed by atoms with Crippen molar-refractivity contribution in [2.45, 2.75) is 0 Å². The van der Waals surface area contributed by atoms with Gasteiger partial charge in [-0.1, -0.05) is 18.2 Å². The molecule has 1 aromatic carbocycles. The van der Waals surface area contributed by atoms with Gasteiger partial charge in [0.2, 0.25) is 0 Å². The van der Waals surface area contributed by atoms with Crippen molar-refractivity contribution in [3.05, 3.63) is 30.3 Å². The van der Waals surface area contributed by atoms with Gasteiger partial charge in [-0.25, -0.2) is 5.84 Å². The van der Waals surface area contributed by atoms with Gasteiger partial charge in [0.15, 0.2) is 0 Å². The number of para-hydroxylation sites is 1. The van der Waals surface area contributed by atoms with Gasteiger partial charge in [0.25, 0.3) is 0 Å². The summed E-state index contributed by atoms with van der Waals surface area (Å²) in [7, 11) is 3.98. The van der Waals surface area contributed by atoms with Crippen molar-refractivity contribution in [3.63, 3.8) is 0 Å². The molecule has 0 fully saturated rings. The summed E-state index contributed by atoms with van der Waals surface area (Å²) < 4.78 is 0. The number of rotatable bonds is 3. The minimum atomic E-state index is 0. The van der Waals surface area contributed by atoms with E-state index in [1.54, 1.807) is 5.01 Å². The molecule has 1 aromatic rings. The molecule has 3 nitrogen and oxygen atoms in total. The average molecular weight is 202 g/mol. The first-order chi connectivity index (χ1) is 5.70. The third-order valence-electron chi connectivity index (χ3n) is 1.52. The molecule has 0 heterocycles. The van der Waals surface area contributed by atoms with Gasteiger partial charge in [-0.15, -0.1) is 12.4 Å². The second-order valence-corrected chi connectivity index (χ2v) is 3.03. The molecule has 4 heteroatoms. The van der Waals surface area contributed by atoms with E-state index < -0.39 is 0 Å². The van der Waals surface area contributed by atoms with Crippen molar-refractivity contribution in [2.24, 2.45) is 5.84 Å². The number of halogens is 1. The summed E-state index contributed by atoms with van der Waals surface area (Å²) in [4.78, 5) is 2.02. The average Bonchev–Trinajstić information content (AvgIpc) is 2.05. The molecule has 0 saturated heterocycles. The molecule has 0 aliphatic carbocycles. The summed E-state index contributed by atoms with van der Waals surface area (Å²) in [5.74, 6) is 5.79. The van der Waals surface area contributed by atoms with E-state index in [0.717, 1.165) is 12.4 Å². The summed E-state index contributed by atoms with van der Waals surface area (Å²) in [5, 5.41) is 1.71. The van der Waals surface area contributed by atoms with Crippen LogP contribution in [0.25, 0.3) is 0 Å². The number of hydrogen-bond acceptors (Lipinski definition) is 3. The predicted octanol–water partition coefficient (Wildman–Crippen LogP) is 1.31. The molecule has 0 bridgehead atoms. The van der Waals surface area contributed by atoms with Gasteiger partial charge >= 0.3 is 0 Å². The van der Waals surface area contributed by atoms with Crippen LogP contribution in [0, 0.1) is 0 Å². The number of benzene rings is 1. The van der Waals surface area contributed by atoms with Crippen LogP contribution in [0.1, 0.15) is 0 Å². The smallest absolute Gasteiger partial charge is 0.0856 e. The Labute approximate surface area is 85.5 Å². The van der Waals surface area contributed by atoms with Crippen LogP contribution in [0.3, 0.4) is 0 Å². The number of nitrogens with two attached hydrogens (primary N) is 1. The summed E-state index contributed by atoms with van der Waals surface area (Å²) >= 11 is 0. The first-order valence-corrected chi connectivity index (χ1v) is 3.92. The van der Waals surface area contributed by atoms with Gasteiger partial charge in [0.1, 0.15) is 0 Å². The van der Waals surface area contributed by atoms with E-state index in [0.29, 0.717) is 0 Å². The lowest BCUT2D eigenvalue weighted by Crippen LogP contribution is -2.38. The van der Waals surface area contributed by atoms with Gasteiger partial charge in [-0.05, 0) is 26.2 Å². The maximum atomic E-state index is 5.79. The molecule has 2 N–H and O–H groups in total. The molecule has 0 aliphatic heterocycles. The van der Waals surface area contributed by atoms with Crippen LogP contribution >= 0.6 is 12.4 Å². The first kappa shape index (κ1) is 12.2. The Bertz CT molecular complexity index is 226. The number of hydrogen-bond donors (Lipinski definition) is 1. The molecule has 0 spiro atoms. The minimum Gasteiger partial charge on any atom is -0.297 e. The zero-order valence-electron chi connectivity index (χ0n) is 7.97. The van der Waals surface area contributed by atoms with E-state index in [1.807, 2.05) is 49.3 Å². The summed E-state index contributed by atoms with van der Waals surface area (Å²) in [6.07, 6.45) is 0. The fourth-order valence-electron chi connectivity index (χ4n) is 1.01. The van der Waals surface area contributed by atoms with Crippen LogP contribution in [-0.2, 0) is 0 Å². The van der Waals surface area contributed by atoms with E-state index >= 15 is 0 Å². The molecule has 0 unspecified atom stereocenters. The van der Waals surface area contributed by atoms with Crippen molar-refractivity contribution in [3.8, 4) is 0 Å². The highest BCUT2D eigenvalue weighted by molar-refractivity contribution is 5.85. The van der Waals surface area contributed by atoms with Gasteiger partial charge < -0.3 is 0 Å². The molecular formula is C9H16ClN3.